The third kappa shape index (κ3) is 2.87. The van der Waals surface area contributed by atoms with Crippen LogP contribution in [0.15, 0.2) is 47.0 Å². The Morgan fingerprint density at radius 2 is 2.00 bits per heavy atom. The number of hydrogen-bond donors (Lipinski definition) is 0. The molecule has 1 aromatic heterocycles. The summed E-state index contributed by atoms with van der Waals surface area (Å²) in [5.74, 6) is 0.390. The molecule has 1 aliphatic heterocycles. The van der Waals surface area contributed by atoms with Gasteiger partial charge in [0.15, 0.2) is 5.82 Å². The van der Waals surface area contributed by atoms with Gasteiger partial charge in [0.1, 0.15) is 5.82 Å². The number of aromatic nitrogens is 2. The Morgan fingerprint density at radius 1 is 1.19 bits per heavy atom. The molecule has 132 valence electrons. The number of amides is 1. The lowest BCUT2D eigenvalue weighted by Crippen LogP contribution is -2.25. The first kappa shape index (κ1) is 16.4. The van der Waals surface area contributed by atoms with Crippen LogP contribution in [0.4, 0.5) is 10.1 Å². The van der Waals surface area contributed by atoms with Crippen molar-refractivity contribution >= 4 is 11.6 Å². The minimum Gasteiger partial charge on any atom is -0.334 e. The van der Waals surface area contributed by atoms with Crippen LogP contribution in [0.3, 0.4) is 0 Å². The molecule has 1 aliphatic rings. The highest BCUT2D eigenvalue weighted by atomic mass is 19.1. The van der Waals surface area contributed by atoms with Crippen molar-refractivity contribution in [2.24, 2.45) is 0 Å². The summed E-state index contributed by atoms with van der Waals surface area (Å²) in [6.45, 7) is 4.08. The van der Waals surface area contributed by atoms with E-state index in [0.717, 1.165) is 11.1 Å². The quantitative estimate of drug-likeness (QED) is 0.715. The first-order valence-electron chi connectivity index (χ1n) is 8.49. The molecular formula is C20H18FN3O2. The molecule has 2 aromatic carbocycles. The zero-order valence-electron chi connectivity index (χ0n) is 14.6. The first-order valence-corrected chi connectivity index (χ1v) is 8.49. The average molecular weight is 351 g/mol. The molecule has 0 spiro atoms. The zero-order chi connectivity index (χ0) is 18.3. The van der Waals surface area contributed by atoms with Crippen LogP contribution in [0.1, 0.15) is 29.3 Å². The predicted octanol–water partition coefficient (Wildman–Crippen LogP) is 4.01. The fraction of sp³-hybridized carbons (Fsp3) is 0.250. The summed E-state index contributed by atoms with van der Waals surface area (Å²) < 4.78 is 19.2. The van der Waals surface area contributed by atoms with Crippen LogP contribution >= 0.6 is 0 Å². The fourth-order valence-electron chi connectivity index (χ4n) is 3.30. The van der Waals surface area contributed by atoms with Gasteiger partial charge in [0, 0.05) is 35.7 Å². The molecular weight excluding hydrogens is 333 g/mol. The van der Waals surface area contributed by atoms with Crippen LogP contribution in [0.2, 0.25) is 0 Å². The van der Waals surface area contributed by atoms with Gasteiger partial charge in [-0.2, -0.15) is 4.98 Å². The van der Waals surface area contributed by atoms with Crippen molar-refractivity contribution in [2.75, 3.05) is 11.4 Å². The smallest absolute Gasteiger partial charge is 0.257 e. The largest absolute Gasteiger partial charge is 0.334 e. The number of carbonyl (C=O) groups excluding carboxylic acids is 1. The van der Waals surface area contributed by atoms with Crippen LogP contribution < -0.4 is 4.90 Å². The number of nitrogens with zero attached hydrogens (tertiary/aromatic N) is 3. The van der Waals surface area contributed by atoms with Crippen molar-refractivity contribution < 1.29 is 13.7 Å². The van der Waals surface area contributed by atoms with E-state index in [2.05, 4.69) is 10.1 Å². The van der Waals surface area contributed by atoms with Gasteiger partial charge in [-0.1, -0.05) is 28.9 Å². The van der Waals surface area contributed by atoms with Crippen molar-refractivity contribution in [3.63, 3.8) is 0 Å². The summed E-state index contributed by atoms with van der Waals surface area (Å²) in [6, 6.07) is 12.6. The van der Waals surface area contributed by atoms with Gasteiger partial charge in [-0.05, 0) is 38.1 Å². The minimum absolute atomic E-state index is 0.0643. The Kier molecular flexibility index (Phi) is 4.03. The van der Waals surface area contributed by atoms with Gasteiger partial charge in [0.05, 0.1) is 0 Å². The van der Waals surface area contributed by atoms with E-state index in [1.54, 1.807) is 24.0 Å². The van der Waals surface area contributed by atoms with E-state index in [9.17, 15) is 9.18 Å². The number of hydrogen-bond acceptors (Lipinski definition) is 4. The van der Waals surface area contributed by atoms with E-state index < -0.39 is 0 Å². The standard InChI is InChI=1S/C20H18FN3O2/c1-12-5-3-6-14(9-12)20-22-19(23-26-20)15-10-18(25)24(11-15)17-8-4-7-16(21)13(17)2/h3-9,15H,10-11H2,1-2H3. The SMILES string of the molecule is Cc1cccc(-c2nc(C3CC(=O)N(c4cccc(F)c4C)C3)no2)c1. The maximum atomic E-state index is 13.8. The van der Waals surface area contributed by atoms with Gasteiger partial charge in [-0.15, -0.1) is 0 Å². The highest BCUT2D eigenvalue weighted by Crippen LogP contribution is 2.33. The highest BCUT2D eigenvalue weighted by Gasteiger charge is 2.35. The fourth-order valence-corrected chi connectivity index (χ4v) is 3.30. The molecule has 1 fully saturated rings. The van der Waals surface area contributed by atoms with E-state index in [-0.39, 0.29) is 24.1 Å². The molecule has 0 aliphatic carbocycles. The molecule has 3 aromatic rings. The number of rotatable bonds is 3. The number of halogens is 1. The Balaban J connectivity index is 1.59. The Hall–Kier alpha value is -3.02. The van der Waals surface area contributed by atoms with E-state index in [4.69, 9.17) is 4.52 Å². The number of anilines is 1. The maximum absolute atomic E-state index is 13.8. The van der Waals surface area contributed by atoms with Crippen molar-refractivity contribution in [1.82, 2.24) is 10.1 Å². The second-order valence-electron chi connectivity index (χ2n) is 6.62. The van der Waals surface area contributed by atoms with Crippen molar-refractivity contribution in [2.45, 2.75) is 26.2 Å². The monoisotopic (exact) mass is 351 g/mol. The van der Waals surface area contributed by atoms with Gasteiger partial charge >= 0.3 is 0 Å². The number of carbonyl (C=O) groups is 1. The number of aryl methyl sites for hydroxylation is 1. The van der Waals surface area contributed by atoms with Crippen LogP contribution in [0.5, 0.6) is 0 Å². The van der Waals surface area contributed by atoms with E-state index in [0.29, 0.717) is 29.5 Å². The van der Waals surface area contributed by atoms with Crippen LogP contribution in [0, 0.1) is 19.7 Å². The molecule has 1 atom stereocenters. The molecule has 5 nitrogen and oxygen atoms in total. The predicted molar refractivity (Wildman–Crippen MR) is 95.3 cm³/mol. The third-order valence-corrected chi connectivity index (χ3v) is 4.73. The van der Waals surface area contributed by atoms with Gasteiger partial charge in [0.25, 0.3) is 5.89 Å². The topological polar surface area (TPSA) is 59.2 Å². The molecule has 6 heteroatoms. The molecule has 1 saturated heterocycles. The molecule has 0 saturated carbocycles. The maximum Gasteiger partial charge on any atom is 0.257 e. The summed E-state index contributed by atoms with van der Waals surface area (Å²) in [5.41, 5.74) is 3.02. The molecule has 4 rings (SSSR count). The lowest BCUT2D eigenvalue weighted by atomic mass is 10.1. The minimum atomic E-state index is -0.319. The molecule has 1 unspecified atom stereocenters. The highest BCUT2D eigenvalue weighted by molar-refractivity contribution is 5.97. The van der Waals surface area contributed by atoms with E-state index in [1.165, 1.54) is 6.07 Å². The molecule has 26 heavy (non-hydrogen) atoms. The van der Waals surface area contributed by atoms with Gasteiger partial charge < -0.3 is 9.42 Å². The second-order valence-corrected chi connectivity index (χ2v) is 6.62. The Morgan fingerprint density at radius 3 is 2.81 bits per heavy atom. The van der Waals surface area contributed by atoms with Crippen molar-refractivity contribution in [3.05, 3.63) is 65.2 Å². The second kappa shape index (κ2) is 6.37. The lowest BCUT2D eigenvalue weighted by molar-refractivity contribution is -0.117. The van der Waals surface area contributed by atoms with Crippen molar-refractivity contribution in [1.29, 1.82) is 0 Å². The summed E-state index contributed by atoms with van der Waals surface area (Å²) in [7, 11) is 0. The molecule has 2 heterocycles. The molecule has 0 radical (unpaired) electrons. The third-order valence-electron chi connectivity index (χ3n) is 4.73. The zero-order valence-corrected chi connectivity index (χ0v) is 14.6. The summed E-state index contributed by atoms with van der Waals surface area (Å²) in [5, 5.41) is 4.07. The van der Waals surface area contributed by atoms with E-state index in [1.807, 2.05) is 31.2 Å². The van der Waals surface area contributed by atoms with Crippen LogP contribution in [0.25, 0.3) is 11.5 Å². The summed E-state index contributed by atoms with van der Waals surface area (Å²) in [6.07, 6.45) is 0.281. The van der Waals surface area contributed by atoms with Crippen molar-refractivity contribution in [3.8, 4) is 11.5 Å². The summed E-state index contributed by atoms with van der Waals surface area (Å²) >= 11 is 0. The van der Waals surface area contributed by atoms with Gasteiger partial charge in [-0.25, -0.2) is 4.39 Å². The van der Waals surface area contributed by atoms with Crippen LogP contribution in [-0.2, 0) is 4.79 Å². The Labute approximate surface area is 150 Å². The normalized spacial score (nSPS) is 17.1. The lowest BCUT2D eigenvalue weighted by Gasteiger charge is -2.18. The van der Waals surface area contributed by atoms with Gasteiger partial charge in [-0.3, -0.25) is 4.79 Å². The average Bonchev–Trinajstić information content (AvgIpc) is 3.24. The first-order chi connectivity index (χ1) is 12.5. The Bertz CT molecular complexity index is 983. The number of benzene rings is 2. The summed E-state index contributed by atoms with van der Waals surface area (Å²) in [4.78, 5) is 18.5. The molecule has 0 bridgehead atoms. The van der Waals surface area contributed by atoms with Crippen LogP contribution in [-0.4, -0.2) is 22.6 Å². The molecule has 0 N–H and O–H groups in total. The van der Waals surface area contributed by atoms with Gasteiger partial charge in [0.2, 0.25) is 5.91 Å². The van der Waals surface area contributed by atoms with E-state index >= 15 is 0 Å². The molecule has 1 amide bonds.